The quantitative estimate of drug-likeness (QED) is 0.583. The van der Waals surface area contributed by atoms with E-state index < -0.39 is 6.04 Å². The minimum absolute atomic E-state index is 0.247. The fraction of sp³-hybridized carbons (Fsp3) is 0.292. The summed E-state index contributed by atoms with van der Waals surface area (Å²) in [5.41, 5.74) is 3.28. The molecule has 1 unspecified atom stereocenters. The first-order chi connectivity index (χ1) is 15.5. The van der Waals surface area contributed by atoms with Crippen LogP contribution in [0.1, 0.15) is 17.5 Å². The van der Waals surface area contributed by atoms with E-state index in [2.05, 4.69) is 22.3 Å². The van der Waals surface area contributed by atoms with Gasteiger partial charge >= 0.3 is 11.9 Å². The second-order valence-electron chi connectivity index (χ2n) is 8.31. The first kappa shape index (κ1) is 20.1. The number of fused-ring (bicyclic) bond motifs is 3. The number of aromatic nitrogens is 3. The van der Waals surface area contributed by atoms with Gasteiger partial charge in [0, 0.05) is 12.1 Å². The highest BCUT2D eigenvalue weighted by Gasteiger charge is 2.55. The first-order valence-electron chi connectivity index (χ1n) is 10.7. The summed E-state index contributed by atoms with van der Waals surface area (Å²) in [5.74, 6) is 1.57. The molecule has 32 heavy (non-hydrogen) atoms. The molecule has 3 amide bonds. The molecule has 8 nitrogen and oxygen atoms in total. The highest BCUT2D eigenvalue weighted by molar-refractivity contribution is 6.18. The Balaban J connectivity index is 1.56. The van der Waals surface area contributed by atoms with Gasteiger partial charge in [0.1, 0.15) is 0 Å². The molecule has 5 rings (SSSR count). The molecule has 0 bridgehead atoms. The lowest BCUT2D eigenvalue weighted by atomic mass is 10.1. The van der Waals surface area contributed by atoms with Gasteiger partial charge in [-0.25, -0.2) is 9.37 Å². The molecule has 2 aliphatic heterocycles. The predicted octanol–water partition coefficient (Wildman–Crippen LogP) is 2.56. The lowest BCUT2D eigenvalue weighted by molar-refractivity contribution is -0.407. The number of anilines is 1. The zero-order valence-corrected chi connectivity index (χ0v) is 18.4. The van der Waals surface area contributed by atoms with Gasteiger partial charge in [-0.05, 0) is 37.5 Å². The van der Waals surface area contributed by atoms with Crippen LogP contribution < -0.4 is 4.90 Å². The van der Waals surface area contributed by atoms with Gasteiger partial charge in [0.25, 0.3) is 5.95 Å². The van der Waals surface area contributed by atoms with Gasteiger partial charge in [-0.2, -0.15) is 9.47 Å². The minimum Gasteiger partial charge on any atom is -0.305 e. The number of rotatable bonds is 5. The van der Waals surface area contributed by atoms with Crippen molar-refractivity contribution in [1.29, 1.82) is 0 Å². The maximum absolute atomic E-state index is 13.2. The number of nitrogens with zero attached hydrogens (tertiary/aromatic N) is 6. The highest BCUT2D eigenvalue weighted by atomic mass is 16.2. The molecule has 0 saturated heterocycles. The summed E-state index contributed by atoms with van der Waals surface area (Å²) >= 11 is 0. The molecular formula is C24H25N6O2+. The lowest BCUT2D eigenvalue weighted by Crippen LogP contribution is -2.59. The third-order valence-electron chi connectivity index (χ3n) is 6.19. The number of imide groups is 1. The third-order valence-corrected chi connectivity index (χ3v) is 6.19. The van der Waals surface area contributed by atoms with Gasteiger partial charge in [-0.15, -0.1) is 5.10 Å². The molecule has 3 heterocycles. The summed E-state index contributed by atoms with van der Waals surface area (Å²) in [6.07, 6.45) is 1.73. The number of amides is 3. The predicted molar refractivity (Wildman–Crippen MR) is 121 cm³/mol. The summed E-state index contributed by atoms with van der Waals surface area (Å²) < 4.78 is 3.40. The second kappa shape index (κ2) is 7.71. The first-order valence-corrected chi connectivity index (χ1v) is 10.7. The van der Waals surface area contributed by atoms with Crippen molar-refractivity contribution >= 4 is 23.7 Å². The van der Waals surface area contributed by atoms with Gasteiger partial charge in [0.15, 0.2) is 0 Å². The van der Waals surface area contributed by atoms with Crippen LogP contribution in [-0.2, 0) is 11.2 Å². The molecule has 2 aromatic carbocycles. The van der Waals surface area contributed by atoms with Crippen LogP contribution in [0.2, 0.25) is 0 Å². The van der Waals surface area contributed by atoms with E-state index in [9.17, 15) is 9.59 Å². The Labute approximate surface area is 186 Å². The van der Waals surface area contributed by atoms with E-state index in [-0.39, 0.29) is 11.9 Å². The molecule has 8 heteroatoms. The third kappa shape index (κ3) is 3.10. The molecule has 0 aliphatic carbocycles. The van der Waals surface area contributed by atoms with Crippen LogP contribution >= 0.6 is 0 Å². The van der Waals surface area contributed by atoms with Crippen molar-refractivity contribution in [2.45, 2.75) is 25.8 Å². The number of carbonyl (C=O) groups excluding carboxylic acids is 2. The summed E-state index contributed by atoms with van der Waals surface area (Å²) in [4.78, 5) is 29.1. The van der Waals surface area contributed by atoms with Crippen molar-refractivity contribution < 1.29 is 14.2 Å². The van der Waals surface area contributed by atoms with Crippen LogP contribution in [-0.4, -0.2) is 68.7 Å². The largest absolute Gasteiger partial charge is 0.445 e. The Morgan fingerprint density at radius 2 is 1.72 bits per heavy atom. The molecular weight excluding hydrogens is 404 g/mol. The van der Waals surface area contributed by atoms with E-state index in [1.807, 2.05) is 58.9 Å². The van der Waals surface area contributed by atoms with Gasteiger partial charge in [0.05, 0.1) is 14.1 Å². The second-order valence-corrected chi connectivity index (χ2v) is 8.31. The SMILES string of the molecule is Cc1ccc(-c2nnc3n2C2=[N+](C)C(=O)N(C)C(=O)C2N3CCCc2ccccc2)cc1. The normalized spacial score (nSPS) is 17.8. The van der Waals surface area contributed by atoms with Gasteiger partial charge in [0.2, 0.25) is 17.7 Å². The smallest absolute Gasteiger partial charge is 0.305 e. The molecule has 1 atom stereocenters. The molecule has 3 aromatic rings. The van der Waals surface area contributed by atoms with Crippen LogP contribution in [0.15, 0.2) is 54.6 Å². The number of likely N-dealkylation sites (N-methyl/N-ethyl adjacent to an activating group) is 1. The molecule has 1 aromatic heterocycles. The average molecular weight is 430 g/mol. The van der Waals surface area contributed by atoms with Crippen molar-refractivity contribution in [1.82, 2.24) is 19.7 Å². The number of aryl methyl sites for hydroxylation is 2. The van der Waals surface area contributed by atoms with E-state index in [4.69, 9.17) is 0 Å². The van der Waals surface area contributed by atoms with Crippen molar-refractivity contribution in [2.24, 2.45) is 0 Å². The maximum Gasteiger partial charge on any atom is 0.445 e. The molecule has 2 aliphatic rings. The van der Waals surface area contributed by atoms with E-state index in [0.29, 0.717) is 24.2 Å². The van der Waals surface area contributed by atoms with E-state index in [1.165, 1.54) is 22.1 Å². The average Bonchev–Trinajstić information content (AvgIpc) is 3.36. The van der Waals surface area contributed by atoms with E-state index in [1.54, 1.807) is 7.05 Å². The van der Waals surface area contributed by atoms with Gasteiger partial charge in [-0.1, -0.05) is 53.1 Å². The zero-order valence-electron chi connectivity index (χ0n) is 18.4. The number of carbonyl (C=O) groups is 2. The Bertz CT molecular complexity index is 1230. The lowest BCUT2D eigenvalue weighted by Gasteiger charge is -2.27. The molecule has 162 valence electrons. The molecule has 0 saturated carbocycles. The standard InChI is InChI=1S/C24H25N6O2/c1-16-11-13-18(14-12-16)20-25-26-23-29(15-7-10-17-8-5-4-6-9-17)19-21(30(20)23)27(2)24(32)28(3)22(19)31/h4-6,8-9,11-14,19H,7,10,15H2,1-3H3/q+1. The summed E-state index contributed by atoms with van der Waals surface area (Å²) in [6.45, 7) is 2.65. The van der Waals surface area contributed by atoms with Gasteiger partial charge < -0.3 is 4.90 Å². The summed E-state index contributed by atoms with van der Waals surface area (Å²) in [7, 11) is 3.23. The van der Waals surface area contributed by atoms with Crippen LogP contribution in [0.25, 0.3) is 11.4 Å². The molecule has 0 fully saturated rings. The fourth-order valence-electron chi connectivity index (χ4n) is 4.44. The monoisotopic (exact) mass is 429 g/mol. The van der Waals surface area contributed by atoms with E-state index in [0.717, 1.165) is 24.0 Å². The van der Waals surface area contributed by atoms with Crippen molar-refractivity contribution in [3.63, 3.8) is 0 Å². The minimum atomic E-state index is -0.604. The van der Waals surface area contributed by atoms with E-state index >= 15 is 0 Å². The maximum atomic E-state index is 13.2. The molecule has 0 radical (unpaired) electrons. The summed E-state index contributed by atoms with van der Waals surface area (Å²) in [5, 5.41) is 8.89. The number of hydrogen-bond donors (Lipinski definition) is 0. The fourth-order valence-corrected chi connectivity index (χ4v) is 4.44. The van der Waals surface area contributed by atoms with Crippen molar-refractivity contribution in [3.05, 3.63) is 65.7 Å². The number of hydrogen-bond acceptors (Lipinski definition) is 5. The van der Waals surface area contributed by atoms with Gasteiger partial charge in [-0.3, -0.25) is 4.79 Å². The van der Waals surface area contributed by atoms with Crippen LogP contribution in [0.4, 0.5) is 10.7 Å². The van der Waals surface area contributed by atoms with Crippen LogP contribution in [0.5, 0.6) is 0 Å². The molecule has 0 spiro atoms. The summed E-state index contributed by atoms with van der Waals surface area (Å²) in [6, 6.07) is 17.3. The number of benzene rings is 2. The molecule has 0 N–H and O–H groups in total. The van der Waals surface area contributed by atoms with Crippen LogP contribution in [0, 0.1) is 6.92 Å². The van der Waals surface area contributed by atoms with Crippen LogP contribution in [0.3, 0.4) is 0 Å². The topological polar surface area (TPSA) is 74.3 Å². The Morgan fingerprint density at radius 3 is 2.44 bits per heavy atom. The highest BCUT2D eigenvalue weighted by Crippen LogP contribution is 2.33. The zero-order chi connectivity index (χ0) is 22.4. The Morgan fingerprint density at radius 1 is 1.00 bits per heavy atom. The van der Waals surface area contributed by atoms with Crippen molar-refractivity contribution in [3.8, 4) is 11.4 Å². The number of urea groups is 1. The van der Waals surface area contributed by atoms with Crippen molar-refractivity contribution in [2.75, 3.05) is 25.5 Å². The Kier molecular flexibility index (Phi) is 4.84. The Hall–Kier alpha value is -3.81.